The highest BCUT2D eigenvalue weighted by atomic mass is 19.4. The number of hydrogen-bond donors (Lipinski definition) is 2. The Labute approximate surface area is 300 Å². The maximum Gasteiger partial charge on any atom is 0.416 e. The van der Waals surface area contributed by atoms with Gasteiger partial charge >= 0.3 is 12.4 Å². The fourth-order valence-corrected chi connectivity index (χ4v) is 7.30. The first-order valence-corrected chi connectivity index (χ1v) is 16.9. The number of benzene rings is 4. The summed E-state index contributed by atoms with van der Waals surface area (Å²) in [5, 5.41) is 5.75. The molecule has 0 fully saturated rings. The van der Waals surface area contributed by atoms with Crippen LogP contribution in [0.1, 0.15) is 46.3 Å². The van der Waals surface area contributed by atoms with Crippen LogP contribution >= 0.6 is 0 Å². The molecule has 6 aromatic rings. The number of unbranched alkanes of at least 4 members (excludes halogenated alkanes) is 1. The van der Waals surface area contributed by atoms with E-state index in [0.29, 0.717) is 58.4 Å². The van der Waals surface area contributed by atoms with Gasteiger partial charge in [0.25, 0.3) is 5.91 Å². The highest BCUT2D eigenvalue weighted by Gasteiger charge is 2.49. The highest BCUT2D eigenvalue weighted by Crippen LogP contribution is 2.51. The summed E-state index contributed by atoms with van der Waals surface area (Å²) in [6.07, 6.45) is -4.31. The van der Waals surface area contributed by atoms with Gasteiger partial charge in [0.1, 0.15) is 17.6 Å². The molecule has 0 bridgehead atoms. The third kappa shape index (κ3) is 6.88. The predicted molar refractivity (Wildman–Crippen MR) is 190 cm³/mol. The van der Waals surface area contributed by atoms with Gasteiger partial charge in [0, 0.05) is 29.9 Å². The number of carbonyl (C=O) groups excluding carboxylic acids is 2. The molecule has 53 heavy (non-hydrogen) atoms. The zero-order valence-corrected chi connectivity index (χ0v) is 28.1. The summed E-state index contributed by atoms with van der Waals surface area (Å²) in [7, 11) is 0. The average molecular weight is 727 g/mol. The standard InChI is InChI=1S/C41H32F6N4O2/c42-40(43,44)25-49-38(53)39(33-13-5-3-10-29(33)30-11-4-6-14-34(30)39)21-7-8-23-51-24-20-32-35(19-22-48-36(32)51)50-37(52)31-12-2-1-9-28(31)26-15-17-27(18-16-26)41(45,46)47/h1-6,9-20,22,24H,7-8,21,23,25H2,(H,49,53)(H,48,50,52). The summed E-state index contributed by atoms with van der Waals surface area (Å²) in [5.41, 5.74) is 3.19. The van der Waals surface area contributed by atoms with Crippen LogP contribution in [0.5, 0.6) is 0 Å². The number of aromatic nitrogens is 2. The first kappa shape index (κ1) is 35.5. The fourth-order valence-electron chi connectivity index (χ4n) is 7.30. The molecular weight excluding hydrogens is 694 g/mol. The van der Waals surface area contributed by atoms with Crippen molar-refractivity contribution in [2.75, 3.05) is 11.9 Å². The molecule has 2 N–H and O–H groups in total. The lowest BCUT2D eigenvalue weighted by atomic mass is 9.73. The van der Waals surface area contributed by atoms with E-state index >= 15 is 0 Å². The van der Waals surface area contributed by atoms with Gasteiger partial charge in [-0.2, -0.15) is 26.3 Å². The van der Waals surface area contributed by atoms with Crippen LogP contribution in [0.4, 0.5) is 32.0 Å². The molecule has 2 aromatic heterocycles. The van der Waals surface area contributed by atoms with E-state index in [0.717, 1.165) is 23.3 Å². The molecule has 0 saturated heterocycles. The molecule has 0 aliphatic heterocycles. The van der Waals surface area contributed by atoms with E-state index in [9.17, 15) is 35.9 Å². The second-order valence-corrected chi connectivity index (χ2v) is 12.9. The van der Waals surface area contributed by atoms with Gasteiger partial charge in [-0.1, -0.05) is 78.9 Å². The minimum absolute atomic E-state index is 0.275. The van der Waals surface area contributed by atoms with Crippen molar-refractivity contribution in [1.29, 1.82) is 0 Å². The van der Waals surface area contributed by atoms with Crippen LogP contribution in [0.3, 0.4) is 0 Å². The van der Waals surface area contributed by atoms with E-state index in [4.69, 9.17) is 0 Å². The summed E-state index contributed by atoms with van der Waals surface area (Å²) >= 11 is 0. The van der Waals surface area contributed by atoms with Gasteiger partial charge < -0.3 is 15.2 Å². The monoisotopic (exact) mass is 726 g/mol. The van der Waals surface area contributed by atoms with E-state index in [-0.39, 0.29) is 12.0 Å². The van der Waals surface area contributed by atoms with Gasteiger partial charge in [0.05, 0.1) is 11.3 Å². The summed E-state index contributed by atoms with van der Waals surface area (Å²) < 4.78 is 81.1. The third-order valence-corrected chi connectivity index (χ3v) is 9.71. The Kier molecular flexibility index (Phi) is 9.31. The second kappa shape index (κ2) is 13.9. The summed E-state index contributed by atoms with van der Waals surface area (Å²) in [5.74, 6) is -1.15. The molecule has 2 amide bonds. The smallest absolute Gasteiger partial charge is 0.346 e. The topological polar surface area (TPSA) is 76.0 Å². The van der Waals surface area contributed by atoms with Crippen LogP contribution in [-0.2, 0) is 22.9 Å². The van der Waals surface area contributed by atoms with Crippen LogP contribution in [0.15, 0.2) is 122 Å². The van der Waals surface area contributed by atoms with Crippen LogP contribution in [-0.4, -0.2) is 34.1 Å². The van der Waals surface area contributed by atoms with E-state index < -0.39 is 41.7 Å². The fraction of sp³-hybridized carbons (Fsp3) is 0.195. The Morgan fingerprint density at radius 2 is 1.34 bits per heavy atom. The van der Waals surface area contributed by atoms with Gasteiger partial charge in [-0.15, -0.1) is 0 Å². The molecule has 1 aliphatic carbocycles. The number of fused-ring (bicyclic) bond motifs is 4. The van der Waals surface area contributed by atoms with Crippen LogP contribution in [0.25, 0.3) is 33.3 Å². The van der Waals surface area contributed by atoms with Gasteiger partial charge in [-0.3, -0.25) is 9.59 Å². The van der Waals surface area contributed by atoms with Crippen molar-refractivity contribution in [3.05, 3.63) is 144 Å². The minimum atomic E-state index is -4.56. The highest BCUT2D eigenvalue weighted by molar-refractivity contribution is 6.11. The van der Waals surface area contributed by atoms with Gasteiger partial charge in [-0.25, -0.2) is 4.98 Å². The molecule has 0 atom stereocenters. The van der Waals surface area contributed by atoms with Gasteiger partial charge in [0.15, 0.2) is 0 Å². The number of hydrogen-bond acceptors (Lipinski definition) is 3. The molecule has 270 valence electrons. The summed E-state index contributed by atoms with van der Waals surface area (Å²) in [6.45, 7) is -0.952. The van der Waals surface area contributed by atoms with Crippen molar-refractivity contribution >= 4 is 28.5 Å². The van der Waals surface area contributed by atoms with E-state index in [1.165, 1.54) is 12.1 Å². The van der Waals surface area contributed by atoms with Crippen LogP contribution in [0, 0.1) is 0 Å². The number of alkyl halides is 6. The van der Waals surface area contributed by atoms with Gasteiger partial charge in [0.2, 0.25) is 5.91 Å². The molecule has 6 nitrogen and oxygen atoms in total. The zero-order valence-electron chi connectivity index (χ0n) is 28.1. The second-order valence-electron chi connectivity index (χ2n) is 12.9. The number of nitrogens with one attached hydrogen (secondary N) is 2. The minimum Gasteiger partial charge on any atom is -0.346 e. The lowest BCUT2D eigenvalue weighted by Crippen LogP contribution is -2.47. The van der Waals surface area contributed by atoms with E-state index in [1.54, 1.807) is 48.7 Å². The number of nitrogens with zero attached hydrogens (tertiary/aromatic N) is 2. The third-order valence-electron chi connectivity index (χ3n) is 9.71. The first-order chi connectivity index (χ1) is 25.4. The molecule has 0 radical (unpaired) electrons. The van der Waals surface area contributed by atoms with Crippen molar-refractivity contribution in [2.45, 2.75) is 43.6 Å². The number of anilines is 1. The first-order valence-electron chi connectivity index (χ1n) is 16.9. The number of pyridine rings is 1. The van der Waals surface area contributed by atoms with Crippen molar-refractivity contribution in [1.82, 2.24) is 14.9 Å². The molecule has 0 unspecified atom stereocenters. The number of rotatable bonds is 10. The van der Waals surface area contributed by atoms with Crippen LogP contribution < -0.4 is 10.6 Å². The van der Waals surface area contributed by atoms with Gasteiger partial charge in [-0.05, 0) is 83.0 Å². The molecule has 1 aliphatic rings. The van der Waals surface area contributed by atoms with E-state index in [2.05, 4.69) is 15.6 Å². The Balaban J connectivity index is 1.09. The zero-order chi connectivity index (χ0) is 37.4. The normalized spacial score (nSPS) is 13.4. The molecule has 0 spiro atoms. The number of halogens is 6. The number of carbonyl (C=O) groups is 2. The number of aryl methyl sites for hydroxylation is 1. The summed E-state index contributed by atoms with van der Waals surface area (Å²) in [4.78, 5) is 31.9. The molecule has 4 aromatic carbocycles. The SMILES string of the molecule is O=C(Nc1ccnc2c1ccn2CCCCC1(C(=O)NCC(F)(F)F)c2ccccc2-c2ccccc21)c1ccccc1-c1ccc(C(F)(F)F)cc1. The number of amides is 2. The van der Waals surface area contributed by atoms with Crippen molar-refractivity contribution in [3.8, 4) is 22.3 Å². The van der Waals surface area contributed by atoms with Crippen molar-refractivity contribution < 1.29 is 35.9 Å². The van der Waals surface area contributed by atoms with Crippen molar-refractivity contribution in [3.63, 3.8) is 0 Å². The van der Waals surface area contributed by atoms with Crippen LogP contribution in [0.2, 0.25) is 0 Å². The predicted octanol–water partition coefficient (Wildman–Crippen LogP) is 9.79. The Morgan fingerprint density at radius 3 is 1.98 bits per heavy atom. The molecule has 0 saturated carbocycles. The molecule has 12 heteroatoms. The molecular formula is C41H32F6N4O2. The molecule has 2 heterocycles. The molecule has 7 rings (SSSR count). The lowest BCUT2D eigenvalue weighted by Gasteiger charge is -2.31. The largest absolute Gasteiger partial charge is 0.416 e. The maximum absolute atomic E-state index is 13.8. The quantitative estimate of drug-likeness (QED) is 0.109. The Bertz CT molecular complexity index is 2270. The maximum atomic E-state index is 13.8. The van der Waals surface area contributed by atoms with E-state index in [1.807, 2.05) is 53.2 Å². The Morgan fingerprint density at radius 1 is 0.717 bits per heavy atom. The lowest BCUT2D eigenvalue weighted by molar-refractivity contribution is -0.141. The summed E-state index contributed by atoms with van der Waals surface area (Å²) in [6, 6.07) is 29.4. The van der Waals surface area contributed by atoms with Crippen molar-refractivity contribution in [2.24, 2.45) is 0 Å². The Hall–Kier alpha value is -5.91. The average Bonchev–Trinajstić information content (AvgIpc) is 3.70.